The molecule has 0 bridgehead atoms. The number of carbonyl (C=O) groups excluding carboxylic acids is 1. The van der Waals surface area contributed by atoms with E-state index >= 15 is 0 Å². The maximum Gasteiger partial charge on any atom is 0.255 e. The predicted molar refractivity (Wildman–Crippen MR) is 81.8 cm³/mol. The van der Waals surface area contributed by atoms with Crippen molar-refractivity contribution in [3.8, 4) is 0 Å². The Morgan fingerprint density at radius 2 is 2.05 bits per heavy atom. The minimum Gasteiger partial charge on any atom is -0.335 e. The van der Waals surface area contributed by atoms with Gasteiger partial charge in [0.1, 0.15) is 0 Å². The van der Waals surface area contributed by atoms with Crippen LogP contribution in [0.4, 0.5) is 0 Å². The van der Waals surface area contributed by atoms with Gasteiger partial charge < -0.3 is 4.90 Å². The first-order valence-corrected chi connectivity index (χ1v) is 7.44. The Balaban J connectivity index is 2.23. The molecule has 0 N–H and O–H groups in total. The second-order valence-electron chi connectivity index (χ2n) is 5.56. The molecule has 1 aliphatic heterocycles. The Labute approximate surface area is 127 Å². The Morgan fingerprint density at radius 3 is 2.68 bits per heavy atom. The molecule has 19 heavy (non-hydrogen) atoms. The van der Waals surface area contributed by atoms with E-state index in [-0.39, 0.29) is 11.4 Å². The molecule has 0 saturated carbocycles. The highest BCUT2D eigenvalue weighted by Crippen LogP contribution is 2.28. The largest absolute Gasteiger partial charge is 0.335 e. The number of rotatable bonds is 1. The number of amides is 1. The Kier molecular flexibility index (Phi) is 4.23. The third-order valence-electron chi connectivity index (χ3n) is 3.79. The molecular weight excluding hydrogens is 328 g/mol. The van der Waals surface area contributed by atoms with E-state index in [4.69, 9.17) is 11.6 Å². The molecule has 1 aliphatic rings. The average molecular weight is 346 g/mol. The number of hydrogen-bond acceptors (Lipinski definition) is 2. The van der Waals surface area contributed by atoms with E-state index in [0.29, 0.717) is 17.1 Å². The molecule has 104 valence electrons. The standard InChI is InChI=1S/C14H18BrClN2O/c1-14(2)9-18(8-7-17(14)3)13(19)10-5-4-6-11(15)12(10)16/h4-6H,7-9H2,1-3H3. The van der Waals surface area contributed by atoms with Crippen molar-refractivity contribution in [3.63, 3.8) is 0 Å². The van der Waals surface area contributed by atoms with E-state index in [9.17, 15) is 4.79 Å². The van der Waals surface area contributed by atoms with E-state index in [0.717, 1.165) is 17.6 Å². The summed E-state index contributed by atoms with van der Waals surface area (Å²) in [5, 5.41) is 0.490. The Morgan fingerprint density at radius 1 is 1.37 bits per heavy atom. The number of piperazine rings is 1. The van der Waals surface area contributed by atoms with Crippen LogP contribution in [0.25, 0.3) is 0 Å². The average Bonchev–Trinajstić information content (AvgIpc) is 2.35. The van der Waals surface area contributed by atoms with Crippen molar-refractivity contribution in [1.29, 1.82) is 0 Å². The second-order valence-corrected chi connectivity index (χ2v) is 6.79. The molecule has 1 fully saturated rings. The monoisotopic (exact) mass is 344 g/mol. The molecule has 1 aromatic rings. The Hall–Kier alpha value is -0.580. The van der Waals surface area contributed by atoms with Gasteiger partial charge in [0.25, 0.3) is 5.91 Å². The summed E-state index contributed by atoms with van der Waals surface area (Å²) in [4.78, 5) is 16.7. The molecule has 1 saturated heterocycles. The van der Waals surface area contributed by atoms with Crippen molar-refractivity contribution in [3.05, 3.63) is 33.3 Å². The lowest BCUT2D eigenvalue weighted by Gasteiger charge is -2.45. The number of carbonyl (C=O) groups is 1. The summed E-state index contributed by atoms with van der Waals surface area (Å²) in [6.07, 6.45) is 0. The van der Waals surface area contributed by atoms with E-state index in [1.165, 1.54) is 0 Å². The lowest BCUT2D eigenvalue weighted by Crippen LogP contribution is -2.58. The summed E-state index contributed by atoms with van der Waals surface area (Å²) >= 11 is 9.56. The molecule has 5 heteroatoms. The fourth-order valence-electron chi connectivity index (χ4n) is 2.25. The number of hydrogen-bond donors (Lipinski definition) is 0. The van der Waals surface area contributed by atoms with E-state index in [2.05, 4.69) is 41.7 Å². The van der Waals surface area contributed by atoms with Gasteiger partial charge in [0.15, 0.2) is 0 Å². The van der Waals surface area contributed by atoms with Crippen molar-refractivity contribution < 1.29 is 4.79 Å². The Bertz CT molecular complexity index is 504. The summed E-state index contributed by atoms with van der Waals surface area (Å²) in [5.74, 6) is 0.00692. The van der Waals surface area contributed by atoms with Gasteiger partial charge in [0.2, 0.25) is 0 Å². The van der Waals surface area contributed by atoms with Crippen LogP contribution in [0.15, 0.2) is 22.7 Å². The fraction of sp³-hybridized carbons (Fsp3) is 0.500. The first-order chi connectivity index (χ1) is 8.83. The van der Waals surface area contributed by atoms with Gasteiger partial charge in [0, 0.05) is 29.6 Å². The smallest absolute Gasteiger partial charge is 0.255 e. The molecule has 0 aromatic heterocycles. The van der Waals surface area contributed by atoms with Crippen LogP contribution in [0.2, 0.25) is 5.02 Å². The van der Waals surface area contributed by atoms with Crippen LogP contribution < -0.4 is 0 Å². The zero-order chi connectivity index (χ0) is 14.2. The van der Waals surface area contributed by atoms with Crippen LogP contribution in [0.3, 0.4) is 0 Å². The molecule has 3 nitrogen and oxygen atoms in total. The quantitative estimate of drug-likeness (QED) is 0.780. The van der Waals surface area contributed by atoms with E-state index < -0.39 is 0 Å². The summed E-state index contributed by atoms with van der Waals surface area (Å²) in [6.45, 7) is 6.63. The minimum atomic E-state index is -0.00754. The molecule has 0 atom stereocenters. The highest BCUT2D eigenvalue weighted by atomic mass is 79.9. The highest BCUT2D eigenvalue weighted by molar-refractivity contribution is 9.10. The molecule has 0 spiro atoms. The molecular formula is C14H18BrClN2O. The van der Waals surface area contributed by atoms with Crippen LogP contribution in [0.1, 0.15) is 24.2 Å². The van der Waals surface area contributed by atoms with Crippen LogP contribution in [-0.2, 0) is 0 Å². The number of nitrogens with zero attached hydrogens (tertiary/aromatic N) is 2. The summed E-state index contributed by atoms with van der Waals surface area (Å²) in [5.41, 5.74) is 0.559. The van der Waals surface area contributed by atoms with Gasteiger partial charge in [-0.05, 0) is 49.0 Å². The molecule has 1 aromatic carbocycles. The van der Waals surface area contributed by atoms with Gasteiger partial charge in [-0.25, -0.2) is 0 Å². The fourth-order valence-corrected chi connectivity index (χ4v) is 2.83. The van der Waals surface area contributed by atoms with Crippen molar-refractivity contribution >= 4 is 33.4 Å². The summed E-state index contributed by atoms with van der Waals surface area (Å²) < 4.78 is 0.758. The lowest BCUT2D eigenvalue weighted by atomic mass is 9.99. The number of likely N-dealkylation sites (N-methyl/N-ethyl adjacent to an activating group) is 1. The van der Waals surface area contributed by atoms with Crippen LogP contribution >= 0.6 is 27.5 Å². The summed E-state index contributed by atoms with van der Waals surface area (Å²) in [7, 11) is 2.09. The number of benzene rings is 1. The van der Waals surface area contributed by atoms with Crippen molar-refractivity contribution in [2.24, 2.45) is 0 Å². The van der Waals surface area contributed by atoms with Gasteiger partial charge >= 0.3 is 0 Å². The second kappa shape index (κ2) is 5.43. The van der Waals surface area contributed by atoms with E-state index in [1.54, 1.807) is 6.07 Å². The van der Waals surface area contributed by atoms with Gasteiger partial charge in [-0.2, -0.15) is 0 Å². The zero-order valence-electron chi connectivity index (χ0n) is 11.4. The zero-order valence-corrected chi connectivity index (χ0v) is 13.8. The SMILES string of the molecule is CN1CCN(C(=O)c2cccc(Br)c2Cl)CC1(C)C. The van der Waals surface area contributed by atoms with Gasteiger partial charge in [-0.3, -0.25) is 9.69 Å². The van der Waals surface area contributed by atoms with E-state index in [1.807, 2.05) is 17.0 Å². The molecule has 1 heterocycles. The van der Waals surface area contributed by atoms with Crippen molar-refractivity contribution in [2.45, 2.75) is 19.4 Å². The molecule has 0 radical (unpaired) electrons. The van der Waals surface area contributed by atoms with Gasteiger partial charge in [-0.1, -0.05) is 17.7 Å². The van der Waals surface area contributed by atoms with Gasteiger partial charge in [-0.15, -0.1) is 0 Å². The van der Waals surface area contributed by atoms with Crippen LogP contribution in [-0.4, -0.2) is 47.9 Å². The van der Waals surface area contributed by atoms with Gasteiger partial charge in [0.05, 0.1) is 10.6 Å². The first kappa shape index (κ1) is 14.8. The topological polar surface area (TPSA) is 23.6 Å². The normalized spacial score (nSPS) is 19.5. The third-order valence-corrected chi connectivity index (χ3v) is 5.08. The minimum absolute atomic E-state index is 0.00692. The molecule has 0 unspecified atom stereocenters. The highest BCUT2D eigenvalue weighted by Gasteiger charge is 2.34. The molecule has 1 amide bonds. The maximum absolute atomic E-state index is 12.6. The number of halogens is 2. The first-order valence-electron chi connectivity index (χ1n) is 6.27. The molecule has 0 aliphatic carbocycles. The van der Waals surface area contributed by atoms with Crippen molar-refractivity contribution in [1.82, 2.24) is 9.80 Å². The maximum atomic E-state index is 12.6. The summed E-state index contributed by atoms with van der Waals surface area (Å²) in [6, 6.07) is 5.46. The lowest BCUT2D eigenvalue weighted by molar-refractivity contribution is 0.0311. The van der Waals surface area contributed by atoms with Crippen LogP contribution in [0.5, 0.6) is 0 Å². The van der Waals surface area contributed by atoms with Crippen LogP contribution in [0, 0.1) is 0 Å². The third kappa shape index (κ3) is 2.96. The molecule has 2 rings (SSSR count). The predicted octanol–water partition coefficient (Wildman–Crippen LogP) is 3.27. The van der Waals surface area contributed by atoms with Crippen molar-refractivity contribution in [2.75, 3.05) is 26.7 Å².